The first-order valence-electron chi connectivity index (χ1n) is 5.14. The summed E-state index contributed by atoms with van der Waals surface area (Å²) in [7, 11) is 0. The predicted molar refractivity (Wildman–Crippen MR) is 53.0 cm³/mol. The van der Waals surface area contributed by atoms with Gasteiger partial charge in [-0.15, -0.1) is 0 Å². The Morgan fingerprint density at radius 2 is 1.58 bits per heavy atom. The highest BCUT2D eigenvalue weighted by Gasteiger charge is 2.15. The van der Waals surface area contributed by atoms with Gasteiger partial charge >= 0.3 is 0 Å². The number of hydrogen-bond acceptors (Lipinski definition) is 2. The van der Waals surface area contributed by atoms with Gasteiger partial charge in [0.1, 0.15) is 0 Å². The van der Waals surface area contributed by atoms with Crippen LogP contribution >= 0.6 is 0 Å². The van der Waals surface area contributed by atoms with Crippen LogP contribution in [0.25, 0.3) is 0 Å². The highest BCUT2D eigenvalue weighted by molar-refractivity contribution is 4.68. The van der Waals surface area contributed by atoms with Crippen LogP contribution in [0, 0.1) is 5.92 Å². The molecular weight excluding hydrogens is 150 g/mol. The lowest BCUT2D eigenvalue weighted by molar-refractivity contribution is 0.0902. The van der Waals surface area contributed by atoms with Crippen LogP contribution in [0.1, 0.15) is 46.0 Å². The predicted octanol–water partition coefficient (Wildman–Crippen LogP) is 1.91. The average Bonchev–Trinajstić information content (AvgIpc) is 2.04. The number of nitrogens with two attached hydrogens (primary N) is 1. The van der Waals surface area contributed by atoms with E-state index in [0.29, 0.717) is 12.5 Å². The standard InChI is InChI=1S/C10H23NO/c1-3-5-9(6-4-2)10(12)7-8-11/h9-10,12H,3-8,11H2,1-2H3/t10-/m1/s1. The second-order valence-corrected chi connectivity index (χ2v) is 3.48. The van der Waals surface area contributed by atoms with E-state index in [0.717, 1.165) is 32.1 Å². The minimum atomic E-state index is -0.171. The molecule has 2 heteroatoms. The Bertz CT molecular complexity index is 89.8. The highest BCUT2D eigenvalue weighted by atomic mass is 16.3. The maximum absolute atomic E-state index is 9.69. The molecule has 12 heavy (non-hydrogen) atoms. The van der Waals surface area contributed by atoms with E-state index in [1.54, 1.807) is 0 Å². The maximum Gasteiger partial charge on any atom is 0.0580 e. The smallest absolute Gasteiger partial charge is 0.0580 e. The number of hydrogen-bond donors (Lipinski definition) is 2. The summed E-state index contributed by atoms with van der Waals surface area (Å²) in [5, 5.41) is 9.69. The minimum absolute atomic E-state index is 0.171. The number of rotatable bonds is 7. The fourth-order valence-electron chi connectivity index (χ4n) is 1.68. The Morgan fingerprint density at radius 3 is 1.92 bits per heavy atom. The summed E-state index contributed by atoms with van der Waals surface area (Å²) in [6.45, 7) is 4.93. The molecule has 0 radical (unpaired) electrons. The summed E-state index contributed by atoms with van der Waals surface area (Å²) in [4.78, 5) is 0. The van der Waals surface area contributed by atoms with Crippen LogP contribution in [0.4, 0.5) is 0 Å². The zero-order valence-electron chi connectivity index (χ0n) is 8.42. The molecule has 0 saturated carbocycles. The monoisotopic (exact) mass is 173 g/mol. The van der Waals surface area contributed by atoms with Crippen molar-refractivity contribution in [3.8, 4) is 0 Å². The molecule has 0 aromatic heterocycles. The van der Waals surface area contributed by atoms with Crippen LogP contribution in [0.3, 0.4) is 0 Å². The van der Waals surface area contributed by atoms with Gasteiger partial charge in [0, 0.05) is 0 Å². The molecule has 3 N–H and O–H groups in total. The minimum Gasteiger partial charge on any atom is -0.393 e. The molecular formula is C10H23NO. The molecule has 0 aromatic carbocycles. The lowest BCUT2D eigenvalue weighted by Crippen LogP contribution is -2.23. The van der Waals surface area contributed by atoms with Gasteiger partial charge in [-0.05, 0) is 31.7 Å². The summed E-state index contributed by atoms with van der Waals surface area (Å²) in [6, 6.07) is 0. The molecule has 1 atom stereocenters. The molecule has 0 saturated heterocycles. The van der Waals surface area contributed by atoms with Crippen molar-refractivity contribution >= 4 is 0 Å². The summed E-state index contributed by atoms with van der Waals surface area (Å²) in [6.07, 6.45) is 5.17. The van der Waals surface area contributed by atoms with Crippen LogP contribution in [-0.2, 0) is 0 Å². The molecule has 74 valence electrons. The fraction of sp³-hybridized carbons (Fsp3) is 1.00. The van der Waals surface area contributed by atoms with Gasteiger partial charge in [0.2, 0.25) is 0 Å². The first-order chi connectivity index (χ1) is 5.76. The zero-order valence-corrected chi connectivity index (χ0v) is 8.42. The molecule has 0 spiro atoms. The van der Waals surface area contributed by atoms with E-state index in [9.17, 15) is 5.11 Å². The Hall–Kier alpha value is -0.0800. The van der Waals surface area contributed by atoms with E-state index in [1.165, 1.54) is 0 Å². The van der Waals surface area contributed by atoms with E-state index in [2.05, 4.69) is 13.8 Å². The van der Waals surface area contributed by atoms with Crippen LogP contribution < -0.4 is 5.73 Å². The first-order valence-corrected chi connectivity index (χ1v) is 5.14. The van der Waals surface area contributed by atoms with Crippen molar-refractivity contribution in [2.24, 2.45) is 11.7 Å². The number of aliphatic hydroxyl groups is 1. The van der Waals surface area contributed by atoms with Gasteiger partial charge in [-0.25, -0.2) is 0 Å². The third-order valence-corrected chi connectivity index (χ3v) is 2.33. The van der Waals surface area contributed by atoms with Gasteiger partial charge in [-0.3, -0.25) is 0 Å². The second kappa shape index (κ2) is 7.56. The van der Waals surface area contributed by atoms with Crippen LogP contribution in [0.2, 0.25) is 0 Å². The molecule has 0 aliphatic heterocycles. The quantitative estimate of drug-likeness (QED) is 0.618. The molecule has 0 aliphatic carbocycles. The van der Waals surface area contributed by atoms with Crippen molar-refractivity contribution in [2.45, 2.75) is 52.1 Å². The van der Waals surface area contributed by atoms with E-state index < -0.39 is 0 Å². The van der Waals surface area contributed by atoms with Gasteiger partial charge in [-0.2, -0.15) is 0 Å². The average molecular weight is 173 g/mol. The summed E-state index contributed by atoms with van der Waals surface area (Å²) in [5.74, 6) is 0.476. The summed E-state index contributed by atoms with van der Waals surface area (Å²) < 4.78 is 0. The number of aliphatic hydroxyl groups excluding tert-OH is 1. The normalized spacial score (nSPS) is 13.8. The Kier molecular flexibility index (Phi) is 7.51. The van der Waals surface area contributed by atoms with Crippen LogP contribution in [0.5, 0.6) is 0 Å². The SMILES string of the molecule is CCCC(CCC)[C@H](O)CCN. The maximum atomic E-state index is 9.69. The van der Waals surface area contributed by atoms with Crippen molar-refractivity contribution in [1.29, 1.82) is 0 Å². The second-order valence-electron chi connectivity index (χ2n) is 3.48. The van der Waals surface area contributed by atoms with Gasteiger partial charge in [-0.1, -0.05) is 26.7 Å². The Balaban J connectivity index is 3.72. The molecule has 0 aromatic rings. The summed E-state index contributed by atoms with van der Waals surface area (Å²) in [5.41, 5.74) is 5.40. The third-order valence-electron chi connectivity index (χ3n) is 2.33. The van der Waals surface area contributed by atoms with E-state index in [4.69, 9.17) is 5.73 Å². The van der Waals surface area contributed by atoms with E-state index in [-0.39, 0.29) is 6.10 Å². The zero-order chi connectivity index (χ0) is 9.40. The molecule has 0 heterocycles. The van der Waals surface area contributed by atoms with Crippen LogP contribution in [-0.4, -0.2) is 17.8 Å². The molecule has 0 unspecified atom stereocenters. The van der Waals surface area contributed by atoms with Crippen LogP contribution in [0.15, 0.2) is 0 Å². The van der Waals surface area contributed by atoms with Crippen molar-refractivity contribution in [3.05, 3.63) is 0 Å². The van der Waals surface area contributed by atoms with Gasteiger partial charge < -0.3 is 10.8 Å². The van der Waals surface area contributed by atoms with Crippen molar-refractivity contribution in [3.63, 3.8) is 0 Å². The van der Waals surface area contributed by atoms with E-state index in [1.807, 2.05) is 0 Å². The molecule has 0 bridgehead atoms. The Morgan fingerprint density at radius 1 is 1.08 bits per heavy atom. The molecule has 0 fully saturated rings. The van der Waals surface area contributed by atoms with Gasteiger partial charge in [0.15, 0.2) is 0 Å². The molecule has 2 nitrogen and oxygen atoms in total. The first kappa shape index (κ1) is 11.9. The lowest BCUT2D eigenvalue weighted by Gasteiger charge is -2.21. The molecule has 0 aliphatic rings. The van der Waals surface area contributed by atoms with Gasteiger partial charge in [0.05, 0.1) is 6.10 Å². The third kappa shape index (κ3) is 4.73. The molecule has 0 rings (SSSR count). The highest BCUT2D eigenvalue weighted by Crippen LogP contribution is 2.19. The fourth-order valence-corrected chi connectivity index (χ4v) is 1.68. The van der Waals surface area contributed by atoms with Crippen molar-refractivity contribution < 1.29 is 5.11 Å². The van der Waals surface area contributed by atoms with Gasteiger partial charge in [0.25, 0.3) is 0 Å². The topological polar surface area (TPSA) is 46.2 Å². The van der Waals surface area contributed by atoms with Crippen molar-refractivity contribution in [2.75, 3.05) is 6.54 Å². The lowest BCUT2D eigenvalue weighted by atomic mass is 9.91. The van der Waals surface area contributed by atoms with E-state index >= 15 is 0 Å². The molecule has 0 amide bonds. The largest absolute Gasteiger partial charge is 0.393 e. The summed E-state index contributed by atoms with van der Waals surface area (Å²) >= 11 is 0. The Labute approximate surface area is 76.2 Å². The van der Waals surface area contributed by atoms with Crippen molar-refractivity contribution in [1.82, 2.24) is 0 Å².